The number of benzene rings is 9. The first-order valence-corrected chi connectivity index (χ1v) is 39.4. The van der Waals surface area contributed by atoms with Gasteiger partial charge in [-0.15, -0.1) is 0 Å². The summed E-state index contributed by atoms with van der Waals surface area (Å²) < 4.78 is 213. The summed E-state index contributed by atoms with van der Waals surface area (Å²) in [6.07, 6.45) is -15.0. The molecule has 1 N–H and O–H groups in total. The number of nitrogens with zero attached hydrogens (tertiary/aromatic N) is 12. The summed E-state index contributed by atoms with van der Waals surface area (Å²) in [7, 11) is 11.2. The van der Waals surface area contributed by atoms with Crippen LogP contribution in [0.25, 0.3) is 0 Å². The fourth-order valence-corrected chi connectivity index (χ4v) is 15.9. The lowest BCUT2D eigenvalue weighted by Crippen LogP contribution is -2.55. The number of alkyl halides is 9. The van der Waals surface area contributed by atoms with Gasteiger partial charge < -0.3 is 87.1 Å². The molecule has 9 aromatic carbocycles. The van der Waals surface area contributed by atoms with Crippen LogP contribution in [-0.2, 0) is 42.4 Å². The van der Waals surface area contributed by atoms with E-state index in [1.165, 1.54) is 105 Å². The zero-order valence-corrected chi connectivity index (χ0v) is 69.0. The summed E-state index contributed by atoms with van der Waals surface area (Å²) >= 11 is 0. The Morgan fingerprint density at radius 1 is 0.336 bits per heavy atom. The Morgan fingerprint density at radius 3 is 0.832 bits per heavy atom. The van der Waals surface area contributed by atoms with E-state index in [0.717, 1.165) is 53.5 Å². The van der Waals surface area contributed by atoms with Gasteiger partial charge in [0.1, 0.15) is 69.0 Å². The fourth-order valence-electron chi connectivity index (χ4n) is 15.9. The third-order valence-electron chi connectivity index (χ3n) is 22.1. The number of piperazine rings is 3. The van der Waals surface area contributed by atoms with E-state index in [1.807, 2.05) is 87.5 Å². The van der Waals surface area contributed by atoms with Crippen LogP contribution in [-0.4, -0.2) is 191 Å². The monoisotopic (exact) mass is 1740 g/mol. The van der Waals surface area contributed by atoms with Crippen LogP contribution < -0.4 is 57.8 Å². The molecule has 6 aliphatic rings. The van der Waals surface area contributed by atoms with Crippen LogP contribution in [0.2, 0.25) is 0 Å². The van der Waals surface area contributed by atoms with Gasteiger partial charge in [0, 0.05) is 130 Å². The number of ether oxygens (including phenoxy) is 8. The van der Waals surface area contributed by atoms with E-state index in [1.54, 1.807) is 39.5 Å². The number of carbonyl (C=O) groups is 3. The van der Waals surface area contributed by atoms with Crippen molar-refractivity contribution in [3.05, 3.63) is 233 Å². The Bertz CT molecular complexity index is 5280. The molecule has 0 spiro atoms. The van der Waals surface area contributed by atoms with Gasteiger partial charge in [0.15, 0.2) is 0 Å². The molecule has 0 saturated carbocycles. The summed E-state index contributed by atoms with van der Waals surface area (Å²) in [5.41, 5.74) is 1.15. The lowest BCUT2D eigenvalue weighted by Gasteiger charge is -2.45. The highest BCUT2D eigenvalue weighted by Crippen LogP contribution is 2.51. The quantitative estimate of drug-likeness (QED) is 0.0625. The molecule has 9 aromatic rings. The third-order valence-corrected chi connectivity index (χ3v) is 22.1. The molecule has 660 valence electrons. The second-order valence-corrected chi connectivity index (χ2v) is 29.3. The Morgan fingerprint density at radius 2 is 0.592 bits per heavy atom. The molecule has 3 fully saturated rings. The van der Waals surface area contributed by atoms with Crippen LogP contribution in [0.4, 0.5) is 104 Å². The number of para-hydroxylation sites is 3. The van der Waals surface area contributed by atoms with Crippen molar-refractivity contribution in [1.82, 2.24) is 14.7 Å². The molecular formula is C89H88F12N12O12. The zero-order chi connectivity index (χ0) is 89.3. The van der Waals surface area contributed by atoms with E-state index in [4.69, 9.17) is 37.9 Å². The van der Waals surface area contributed by atoms with E-state index in [-0.39, 0.29) is 87.7 Å². The van der Waals surface area contributed by atoms with Gasteiger partial charge in [0.05, 0.1) is 128 Å². The van der Waals surface area contributed by atoms with Gasteiger partial charge in [0.25, 0.3) is 0 Å². The minimum absolute atomic E-state index is 0.0162. The topological polar surface area (TPSA) is 212 Å². The molecule has 24 nitrogen and oxygen atoms in total. The van der Waals surface area contributed by atoms with Crippen LogP contribution in [0.1, 0.15) is 70.8 Å². The largest absolute Gasteiger partial charge is 0.497 e. The third kappa shape index (κ3) is 19.6. The van der Waals surface area contributed by atoms with Crippen molar-refractivity contribution >= 4 is 87.0 Å². The van der Waals surface area contributed by atoms with Crippen molar-refractivity contribution in [2.75, 3.05) is 165 Å². The van der Waals surface area contributed by atoms with E-state index in [0.29, 0.717) is 107 Å². The molecule has 2 unspecified atom stereocenters. The van der Waals surface area contributed by atoms with Crippen molar-refractivity contribution in [2.24, 2.45) is 15.0 Å². The Balaban J connectivity index is 0.000000161. The number of hydrogen-bond acceptors (Lipinski definition) is 23. The number of aliphatic carboxylic acids is 1. The van der Waals surface area contributed by atoms with Gasteiger partial charge in [-0.1, -0.05) is 54.6 Å². The second kappa shape index (κ2) is 38.1. The van der Waals surface area contributed by atoms with Gasteiger partial charge in [-0.05, 0) is 109 Å². The van der Waals surface area contributed by atoms with Crippen molar-refractivity contribution in [3.63, 3.8) is 0 Å². The van der Waals surface area contributed by atoms with Crippen molar-refractivity contribution in [2.45, 2.75) is 55.9 Å². The second-order valence-electron chi connectivity index (χ2n) is 29.3. The van der Waals surface area contributed by atoms with E-state index in [9.17, 15) is 59.0 Å². The maximum absolute atomic E-state index is 15.2. The summed E-state index contributed by atoms with van der Waals surface area (Å²) in [5.74, 6) is -1.22. The number of aliphatic imine (C=N–C) groups is 3. The predicted octanol–water partition coefficient (Wildman–Crippen LogP) is 17.3. The van der Waals surface area contributed by atoms with Gasteiger partial charge >= 0.3 is 36.4 Å². The molecule has 15 rings (SSSR count). The Hall–Kier alpha value is -13.4. The number of fused-ring (bicyclic) bond motifs is 3. The summed E-state index contributed by atoms with van der Waals surface area (Å²) in [4.78, 5) is 67.8. The van der Waals surface area contributed by atoms with E-state index < -0.39 is 95.1 Å². The lowest BCUT2D eigenvalue weighted by molar-refractivity contribution is -0.141. The predicted molar refractivity (Wildman–Crippen MR) is 446 cm³/mol. The molecule has 0 aliphatic carbocycles. The molecule has 6 heterocycles. The molecule has 0 radical (unpaired) electrons. The summed E-state index contributed by atoms with van der Waals surface area (Å²) in [5, 5.41) is 9.83. The molecule has 3 saturated heterocycles. The number of halogens is 12. The Labute approximate surface area is 711 Å². The minimum atomic E-state index is -4.66. The highest BCUT2D eigenvalue weighted by Gasteiger charge is 2.46. The smallest absolute Gasteiger partial charge is 0.416 e. The summed E-state index contributed by atoms with van der Waals surface area (Å²) in [6, 6.07) is 42.1. The molecule has 0 amide bonds. The van der Waals surface area contributed by atoms with Crippen LogP contribution in [0.5, 0.6) is 34.5 Å². The standard InChI is InChI=1S/2C30H30F4N4O4.C29H28F4N4O4/c2*1-40-21-7-4-6-20(17-21)36-12-14-37(15-13-36)29-35-28-22(8-5-9-23(28)31)24(18-27(39)42-3)38(29)25-16-19(30(32,33)34)10-11-26(25)41-2;1-40-20-6-3-5-19(16-20)35-11-13-36(14-12-35)28-34-27-21(7-4-8-22(27)30)23(17-26(38)39)37(28)24-15-18(29(31,32)33)9-10-25(24)41-2/h2*4-11,16-17,24H,12-15,18H2,1-3H3;3-10,15-16,23H,11-14,17H2,1-2H3,(H,38,39)/t;;23-/m..0/s1. The number of carboxylic acids is 1. The van der Waals surface area contributed by atoms with Crippen molar-refractivity contribution < 1.29 is 110 Å². The van der Waals surface area contributed by atoms with Crippen LogP contribution in [0, 0.1) is 17.5 Å². The average Bonchev–Trinajstić information content (AvgIpc) is 0.750. The average molecular weight is 1750 g/mol. The Kier molecular flexibility index (Phi) is 27.2. The number of rotatable bonds is 18. The van der Waals surface area contributed by atoms with Crippen molar-refractivity contribution in [3.8, 4) is 34.5 Å². The van der Waals surface area contributed by atoms with Crippen molar-refractivity contribution in [1.29, 1.82) is 0 Å². The number of anilines is 6. The molecular weight excluding hydrogens is 1660 g/mol. The van der Waals surface area contributed by atoms with Gasteiger partial charge in [-0.3, -0.25) is 14.4 Å². The number of carbonyl (C=O) groups excluding carboxylic acids is 2. The number of guanidine groups is 3. The molecule has 0 bridgehead atoms. The van der Waals surface area contributed by atoms with Gasteiger partial charge in [-0.25, -0.2) is 28.1 Å². The molecule has 3 atom stereocenters. The number of carboxylic acid groups (broad SMARTS) is 1. The highest BCUT2D eigenvalue weighted by atomic mass is 19.4. The minimum Gasteiger partial charge on any atom is -0.497 e. The number of methoxy groups -OCH3 is 8. The molecule has 36 heteroatoms. The fraction of sp³-hybridized carbons (Fsp3) is 0.326. The van der Waals surface area contributed by atoms with Crippen LogP contribution >= 0.6 is 0 Å². The zero-order valence-electron chi connectivity index (χ0n) is 69.0. The maximum Gasteiger partial charge on any atom is 0.416 e. The van der Waals surface area contributed by atoms with Gasteiger partial charge in [0.2, 0.25) is 17.9 Å². The van der Waals surface area contributed by atoms with E-state index in [2.05, 4.69) is 29.7 Å². The SMILES string of the molecule is COC(=O)CC1c2cccc(F)c2N=C(N2CCN(c3cccc(OC)c3)CC2)N1c1cc(C(F)(F)F)ccc1OC.COC(=O)CC1c2cccc(F)c2N=C(N2CCN(c3cccc(OC)c3)CC2)N1c1cc(C(F)(F)F)ccc1OC.COc1cccc(N2CCN(C3=Nc4c(F)cccc4[C@H](CC(=O)O)N3c3cc(C(F)(F)F)ccc3OC)CC2)c1. The first-order chi connectivity index (χ1) is 59.9. The molecule has 125 heavy (non-hydrogen) atoms. The summed E-state index contributed by atoms with van der Waals surface area (Å²) in [6.45, 7) is 5.68. The lowest BCUT2D eigenvalue weighted by atomic mass is 9.96. The first kappa shape index (κ1) is 89.3. The maximum atomic E-state index is 15.2. The number of esters is 2. The molecule has 0 aromatic heterocycles. The van der Waals surface area contributed by atoms with Crippen LogP contribution in [0.3, 0.4) is 0 Å². The first-order valence-electron chi connectivity index (χ1n) is 39.4. The normalized spacial score (nSPS) is 17.0. The van der Waals surface area contributed by atoms with Crippen LogP contribution in [0.15, 0.2) is 197 Å². The molecule has 6 aliphatic heterocycles. The number of hydrogen-bond donors (Lipinski definition) is 1. The highest BCUT2D eigenvalue weighted by molar-refractivity contribution is 6.05. The van der Waals surface area contributed by atoms with Gasteiger partial charge in [-0.2, -0.15) is 39.5 Å². The van der Waals surface area contributed by atoms with E-state index >= 15 is 13.2 Å².